The van der Waals surface area contributed by atoms with Gasteiger partial charge in [-0.05, 0) is 50.8 Å². The monoisotopic (exact) mass is 277 g/mol. The van der Waals surface area contributed by atoms with Gasteiger partial charge in [-0.15, -0.1) is 0 Å². The van der Waals surface area contributed by atoms with Crippen molar-refractivity contribution in [1.82, 2.24) is 5.32 Å². The van der Waals surface area contributed by atoms with Crippen molar-refractivity contribution in [2.45, 2.75) is 58.0 Å². The highest BCUT2D eigenvalue weighted by atomic mass is 16.5. The van der Waals surface area contributed by atoms with Gasteiger partial charge in [0.15, 0.2) is 0 Å². The van der Waals surface area contributed by atoms with Crippen LogP contribution in [0.2, 0.25) is 0 Å². The van der Waals surface area contributed by atoms with Gasteiger partial charge in [-0.25, -0.2) is 0 Å². The van der Waals surface area contributed by atoms with Crippen LogP contribution >= 0.6 is 0 Å². The van der Waals surface area contributed by atoms with Crippen LogP contribution in [0.15, 0.2) is 18.2 Å². The second kappa shape index (κ2) is 6.98. The molecule has 1 aliphatic carbocycles. The van der Waals surface area contributed by atoms with Gasteiger partial charge in [0, 0.05) is 17.6 Å². The van der Waals surface area contributed by atoms with Crippen LogP contribution in [0.5, 0.6) is 11.5 Å². The molecule has 1 aliphatic rings. The molecule has 0 aliphatic heterocycles. The van der Waals surface area contributed by atoms with Gasteiger partial charge >= 0.3 is 0 Å². The summed E-state index contributed by atoms with van der Waals surface area (Å²) in [6.45, 7) is 4.37. The number of nitrogens with one attached hydrogen (secondary N) is 1. The molecule has 3 heteroatoms. The van der Waals surface area contributed by atoms with E-state index in [0.29, 0.717) is 11.8 Å². The smallest absolute Gasteiger partial charge is 0.120 e. The molecule has 20 heavy (non-hydrogen) atoms. The molecule has 2 N–H and O–H groups in total. The molecule has 1 unspecified atom stereocenters. The van der Waals surface area contributed by atoms with E-state index in [9.17, 15) is 5.11 Å². The molecule has 0 spiro atoms. The summed E-state index contributed by atoms with van der Waals surface area (Å²) in [4.78, 5) is 0. The third kappa shape index (κ3) is 3.66. The van der Waals surface area contributed by atoms with Gasteiger partial charge < -0.3 is 15.2 Å². The standard InChI is InChI=1S/C17H27NO2/c1-12(14-7-5-4-6-8-14)18-13(2)16-11-15(20-3)9-10-17(16)19/h9-14,18-19H,4-8H2,1-3H3/t12-,13?/m1/s1. The molecule has 112 valence electrons. The van der Waals surface area contributed by atoms with Crippen molar-refractivity contribution in [2.24, 2.45) is 5.92 Å². The minimum atomic E-state index is 0.127. The van der Waals surface area contributed by atoms with Crippen LogP contribution in [-0.4, -0.2) is 18.3 Å². The number of phenolic OH excluding ortho intramolecular Hbond substituents is 1. The zero-order valence-electron chi connectivity index (χ0n) is 12.9. The average molecular weight is 277 g/mol. The normalized spacial score (nSPS) is 19.6. The first-order chi connectivity index (χ1) is 9.61. The molecule has 1 aromatic carbocycles. The van der Waals surface area contributed by atoms with E-state index in [0.717, 1.165) is 17.2 Å². The highest BCUT2D eigenvalue weighted by molar-refractivity contribution is 5.41. The van der Waals surface area contributed by atoms with Gasteiger partial charge in [-0.2, -0.15) is 0 Å². The number of aromatic hydroxyl groups is 1. The summed E-state index contributed by atoms with van der Waals surface area (Å²) >= 11 is 0. The van der Waals surface area contributed by atoms with Crippen LogP contribution in [0.3, 0.4) is 0 Å². The van der Waals surface area contributed by atoms with E-state index in [2.05, 4.69) is 19.2 Å². The fraction of sp³-hybridized carbons (Fsp3) is 0.647. The maximum absolute atomic E-state index is 10.0. The van der Waals surface area contributed by atoms with Gasteiger partial charge in [0.25, 0.3) is 0 Å². The zero-order valence-corrected chi connectivity index (χ0v) is 12.9. The highest BCUT2D eigenvalue weighted by Gasteiger charge is 2.22. The minimum Gasteiger partial charge on any atom is -0.508 e. The average Bonchev–Trinajstić information content (AvgIpc) is 2.48. The minimum absolute atomic E-state index is 0.127. The van der Waals surface area contributed by atoms with E-state index >= 15 is 0 Å². The molecule has 0 aromatic heterocycles. The summed E-state index contributed by atoms with van der Waals surface area (Å²) in [5.41, 5.74) is 0.909. The summed E-state index contributed by atoms with van der Waals surface area (Å²) < 4.78 is 5.24. The van der Waals surface area contributed by atoms with Crippen molar-refractivity contribution < 1.29 is 9.84 Å². The van der Waals surface area contributed by atoms with Gasteiger partial charge in [0.2, 0.25) is 0 Å². The lowest BCUT2D eigenvalue weighted by Crippen LogP contribution is -2.36. The Kier molecular flexibility index (Phi) is 5.30. The summed E-state index contributed by atoms with van der Waals surface area (Å²) in [6, 6.07) is 6.02. The van der Waals surface area contributed by atoms with Crippen molar-refractivity contribution in [2.75, 3.05) is 7.11 Å². The maximum Gasteiger partial charge on any atom is 0.120 e. The Balaban J connectivity index is 2.01. The number of benzene rings is 1. The van der Waals surface area contributed by atoms with Crippen LogP contribution in [0.1, 0.15) is 57.6 Å². The van der Waals surface area contributed by atoms with Crippen molar-refractivity contribution in [3.63, 3.8) is 0 Å². The van der Waals surface area contributed by atoms with Crippen LogP contribution < -0.4 is 10.1 Å². The van der Waals surface area contributed by atoms with Crippen LogP contribution in [0.4, 0.5) is 0 Å². The van der Waals surface area contributed by atoms with Gasteiger partial charge in [0.05, 0.1) is 7.11 Å². The molecule has 0 heterocycles. The van der Waals surface area contributed by atoms with Crippen molar-refractivity contribution in [1.29, 1.82) is 0 Å². The van der Waals surface area contributed by atoms with Crippen LogP contribution in [0, 0.1) is 5.92 Å². The fourth-order valence-electron chi connectivity index (χ4n) is 3.26. The summed E-state index contributed by atoms with van der Waals surface area (Å²) in [5.74, 6) is 1.89. The Hall–Kier alpha value is -1.22. The lowest BCUT2D eigenvalue weighted by molar-refractivity contribution is 0.267. The summed E-state index contributed by atoms with van der Waals surface area (Å²) in [5, 5.41) is 13.7. The number of phenols is 1. The number of methoxy groups -OCH3 is 1. The Morgan fingerprint density at radius 1 is 1.20 bits per heavy atom. The number of hydrogen-bond acceptors (Lipinski definition) is 3. The Morgan fingerprint density at radius 3 is 2.55 bits per heavy atom. The molecule has 1 saturated carbocycles. The number of rotatable bonds is 5. The third-order valence-corrected chi connectivity index (χ3v) is 4.57. The fourth-order valence-corrected chi connectivity index (χ4v) is 3.26. The number of hydrogen-bond donors (Lipinski definition) is 2. The molecule has 2 rings (SSSR count). The van der Waals surface area contributed by atoms with E-state index in [1.807, 2.05) is 6.07 Å². The Bertz CT molecular complexity index is 427. The molecule has 0 bridgehead atoms. The second-order valence-electron chi connectivity index (χ2n) is 6.00. The zero-order chi connectivity index (χ0) is 14.5. The first kappa shape index (κ1) is 15.2. The Morgan fingerprint density at radius 2 is 1.90 bits per heavy atom. The molecule has 0 amide bonds. The predicted molar refractivity (Wildman–Crippen MR) is 82.2 cm³/mol. The van der Waals surface area contributed by atoms with E-state index in [1.165, 1.54) is 32.1 Å². The molecule has 3 nitrogen and oxygen atoms in total. The molecule has 2 atom stereocenters. The first-order valence-electron chi connectivity index (χ1n) is 7.74. The van der Waals surface area contributed by atoms with E-state index in [4.69, 9.17) is 4.74 Å². The molecular formula is C17H27NO2. The van der Waals surface area contributed by atoms with Gasteiger partial charge in [0.1, 0.15) is 11.5 Å². The summed E-state index contributed by atoms with van der Waals surface area (Å²) in [7, 11) is 1.65. The quantitative estimate of drug-likeness (QED) is 0.854. The van der Waals surface area contributed by atoms with Gasteiger partial charge in [-0.1, -0.05) is 19.3 Å². The third-order valence-electron chi connectivity index (χ3n) is 4.57. The van der Waals surface area contributed by atoms with Crippen molar-refractivity contribution in [3.8, 4) is 11.5 Å². The lowest BCUT2D eigenvalue weighted by atomic mass is 9.84. The predicted octanol–water partition coefficient (Wildman–Crippen LogP) is 4.02. The SMILES string of the molecule is COc1ccc(O)c(C(C)N[C@H](C)C2CCCCC2)c1. The van der Waals surface area contributed by atoms with E-state index in [1.54, 1.807) is 19.2 Å². The van der Waals surface area contributed by atoms with Crippen LogP contribution in [0.25, 0.3) is 0 Å². The highest BCUT2D eigenvalue weighted by Crippen LogP contribution is 2.31. The van der Waals surface area contributed by atoms with E-state index < -0.39 is 0 Å². The largest absolute Gasteiger partial charge is 0.508 e. The van der Waals surface area contributed by atoms with Crippen molar-refractivity contribution in [3.05, 3.63) is 23.8 Å². The first-order valence-corrected chi connectivity index (χ1v) is 7.74. The van der Waals surface area contributed by atoms with E-state index in [-0.39, 0.29) is 6.04 Å². The second-order valence-corrected chi connectivity index (χ2v) is 6.00. The molecule has 1 fully saturated rings. The lowest BCUT2D eigenvalue weighted by Gasteiger charge is -2.31. The molecule has 1 aromatic rings. The Labute approximate surface area is 122 Å². The van der Waals surface area contributed by atoms with Crippen molar-refractivity contribution >= 4 is 0 Å². The topological polar surface area (TPSA) is 41.5 Å². The maximum atomic E-state index is 10.0. The van der Waals surface area contributed by atoms with Crippen LogP contribution in [-0.2, 0) is 0 Å². The summed E-state index contributed by atoms with van der Waals surface area (Å²) in [6.07, 6.45) is 6.75. The molecular weight excluding hydrogens is 250 g/mol. The number of ether oxygens (including phenoxy) is 1. The molecule has 0 radical (unpaired) electrons. The van der Waals surface area contributed by atoms with Gasteiger partial charge in [-0.3, -0.25) is 0 Å². The molecule has 0 saturated heterocycles.